The second kappa shape index (κ2) is 5.97. The van der Waals surface area contributed by atoms with Gasteiger partial charge in [0.15, 0.2) is 0 Å². The van der Waals surface area contributed by atoms with Gasteiger partial charge in [0.2, 0.25) is 0 Å². The molecule has 1 N–H and O–H groups in total. The molecule has 0 unspecified atom stereocenters. The van der Waals surface area contributed by atoms with Crippen molar-refractivity contribution in [3.8, 4) is 5.19 Å². The summed E-state index contributed by atoms with van der Waals surface area (Å²) in [4.78, 5) is 0. The first kappa shape index (κ1) is 13.7. The van der Waals surface area contributed by atoms with Gasteiger partial charge in [-0.25, -0.2) is 0 Å². The molecule has 4 nitrogen and oxygen atoms in total. The zero-order valence-corrected chi connectivity index (χ0v) is 12.3. The van der Waals surface area contributed by atoms with E-state index in [0.29, 0.717) is 11.5 Å². The molecule has 1 aromatic heterocycles. The van der Waals surface area contributed by atoms with E-state index in [4.69, 9.17) is 4.74 Å². The maximum absolute atomic E-state index is 5.93. The van der Waals surface area contributed by atoms with Gasteiger partial charge in [-0.2, -0.15) is 0 Å². The summed E-state index contributed by atoms with van der Waals surface area (Å²) in [7, 11) is 0. The van der Waals surface area contributed by atoms with Gasteiger partial charge >= 0.3 is 0 Å². The number of rotatable bonds is 5. The molecule has 102 valence electrons. The average Bonchev–Trinajstić information content (AvgIpc) is 2.77. The summed E-state index contributed by atoms with van der Waals surface area (Å²) < 4.78 is 5.93. The fraction of sp³-hybridized carbons (Fsp3) is 0.846. The molecule has 1 aliphatic rings. The van der Waals surface area contributed by atoms with Crippen molar-refractivity contribution in [3.05, 3.63) is 5.01 Å². The molecule has 18 heavy (non-hydrogen) atoms. The van der Waals surface area contributed by atoms with E-state index in [1.54, 1.807) is 11.3 Å². The third-order valence-corrected chi connectivity index (χ3v) is 4.34. The van der Waals surface area contributed by atoms with Crippen LogP contribution in [0, 0.1) is 5.41 Å². The lowest BCUT2D eigenvalue weighted by molar-refractivity contribution is 0.0978. The lowest BCUT2D eigenvalue weighted by Crippen LogP contribution is -2.28. The van der Waals surface area contributed by atoms with Crippen molar-refractivity contribution in [1.82, 2.24) is 15.5 Å². The Hall–Kier alpha value is -0.680. The van der Waals surface area contributed by atoms with E-state index in [2.05, 4.69) is 36.3 Å². The first-order valence-electron chi connectivity index (χ1n) is 6.79. The smallest absolute Gasteiger partial charge is 0.294 e. The van der Waals surface area contributed by atoms with Crippen LogP contribution in [0.15, 0.2) is 0 Å². The van der Waals surface area contributed by atoms with Crippen LogP contribution in [0.25, 0.3) is 0 Å². The second-order valence-electron chi connectivity index (χ2n) is 5.72. The van der Waals surface area contributed by atoms with Gasteiger partial charge in [0, 0.05) is 6.54 Å². The molecule has 1 aliphatic carbocycles. The maximum atomic E-state index is 5.93. The Morgan fingerprint density at radius 3 is 2.72 bits per heavy atom. The Kier molecular flexibility index (Phi) is 4.56. The summed E-state index contributed by atoms with van der Waals surface area (Å²) in [5.74, 6) is 0. The number of aromatic nitrogens is 2. The third-order valence-electron chi connectivity index (χ3n) is 3.53. The van der Waals surface area contributed by atoms with Crippen molar-refractivity contribution in [2.45, 2.75) is 59.1 Å². The van der Waals surface area contributed by atoms with Gasteiger partial charge in [-0.15, -0.1) is 5.10 Å². The van der Waals surface area contributed by atoms with Gasteiger partial charge in [0.05, 0.1) is 0 Å². The van der Waals surface area contributed by atoms with E-state index < -0.39 is 0 Å². The first-order chi connectivity index (χ1) is 8.59. The van der Waals surface area contributed by atoms with Crippen LogP contribution in [0.5, 0.6) is 5.19 Å². The zero-order valence-electron chi connectivity index (χ0n) is 11.5. The van der Waals surface area contributed by atoms with Gasteiger partial charge in [-0.05, 0) is 37.6 Å². The predicted molar refractivity (Wildman–Crippen MR) is 74.0 cm³/mol. The topological polar surface area (TPSA) is 47.0 Å². The molecule has 1 aromatic rings. The summed E-state index contributed by atoms with van der Waals surface area (Å²) in [5.41, 5.74) is 0.483. The Labute approximate surface area is 113 Å². The van der Waals surface area contributed by atoms with E-state index in [-0.39, 0.29) is 0 Å². The molecule has 0 aromatic carbocycles. The van der Waals surface area contributed by atoms with Gasteiger partial charge in [0.25, 0.3) is 5.19 Å². The summed E-state index contributed by atoms with van der Waals surface area (Å²) in [6.45, 7) is 8.50. The standard InChI is InChI=1S/C13H23N3OS/c1-4-14-9-11-15-16-12(18-11)17-10-5-7-13(2,3)8-6-10/h10,14H,4-9H2,1-3H3. The van der Waals surface area contributed by atoms with Crippen LogP contribution >= 0.6 is 11.3 Å². The minimum atomic E-state index is 0.331. The highest BCUT2D eigenvalue weighted by Gasteiger charge is 2.28. The van der Waals surface area contributed by atoms with E-state index in [9.17, 15) is 0 Å². The van der Waals surface area contributed by atoms with Crippen LogP contribution in [0.3, 0.4) is 0 Å². The summed E-state index contributed by atoms with van der Waals surface area (Å²) in [5, 5.41) is 13.2. The number of ether oxygens (including phenoxy) is 1. The van der Waals surface area contributed by atoms with Gasteiger partial charge < -0.3 is 10.1 Å². The molecule has 5 heteroatoms. The minimum absolute atomic E-state index is 0.331. The number of hydrogen-bond donors (Lipinski definition) is 1. The Morgan fingerprint density at radius 1 is 1.33 bits per heavy atom. The SMILES string of the molecule is CCNCc1nnc(OC2CCC(C)(C)CC2)s1. The first-order valence-corrected chi connectivity index (χ1v) is 7.60. The molecular weight excluding hydrogens is 246 g/mol. The van der Waals surface area contributed by atoms with Crippen molar-refractivity contribution < 1.29 is 4.74 Å². The summed E-state index contributed by atoms with van der Waals surface area (Å²) in [6.07, 6.45) is 5.07. The van der Waals surface area contributed by atoms with Crippen LogP contribution in [-0.2, 0) is 6.54 Å². The molecule has 0 aliphatic heterocycles. The van der Waals surface area contributed by atoms with Gasteiger partial charge in [-0.3, -0.25) is 0 Å². The molecule has 0 amide bonds. The summed E-state index contributed by atoms with van der Waals surface area (Å²) >= 11 is 1.56. The molecule has 0 saturated heterocycles. The summed E-state index contributed by atoms with van der Waals surface area (Å²) in [6, 6.07) is 0. The quantitative estimate of drug-likeness (QED) is 0.892. The molecule has 1 heterocycles. The van der Waals surface area contributed by atoms with E-state index >= 15 is 0 Å². The van der Waals surface area contributed by atoms with Crippen molar-refractivity contribution in [2.75, 3.05) is 6.54 Å². The van der Waals surface area contributed by atoms with Crippen molar-refractivity contribution >= 4 is 11.3 Å². The lowest BCUT2D eigenvalue weighted by atomic mass is 9.76. The Bertz CT molecular complexity index is 368. The van der Waals surface area contributed by atoms with Crippen LogP contribution < -0.4 is 10.1 Å². The highest BCUT2D eigenvalue weighted by Crippen LogP contribution is 2.36. The van der Waals surface area contributed by atoms with Gasteiger partial charge in [-0.1, -0.05) is 37.2 Å². The van der Waals surface area contributed by atoms with E-state index in [0.717, 1.165) is 36.1 Å². The second-order valence-corrected chi connectivity index (χ2v) is 6.75. The van der Waals surface area contributed by atoms with Crippen molar-refractivity contribution in [2.24, 2.45) is 5.41 Å². The highest BCUT2D eigenvalue weighted by molar-refractivity contribution is 7.13. The third kappa shape index (κ3) is 3.92. The Balaban J connectivity index is 1.81. The molecule has 2 rings (SSSR count). The minimum Gasteiger partial charge on any atom is -0.466 e. The molecule has 0 spiro atoms. The number of hydrogen-bond acceptors (Lipinski definition) is 5. The van der Waals surface area contributed by atoms with Crippen LogP contribution in [0.4, 0.5) is 0 Å². The fourth-order valence-electron chi connectivity index (χ4n) is 2.22. The lowest BCUT2D eigenvalue weighted by Gasteiger charge is -2.33. The molecule has 0 atom stereocenters. The normalized spacial score (nSPS) is 19.9. The number of nitrogens with zero attached hydrogens (tertiary/aromatic N) is 2. The highest BCUT2D eigenvalue weighted by atomic mass is 32.1. The number of nitrogens with one attached hydrogen (secondary N) is 1. The van der Waals surface area contributed by atoms with E-state index in [1.165, 1.54) is 12.8 Å². The molecule has 0 radical (unpaired) electrons. The predicted octanol–water partition coefficient (Wildman–Crippen LogP) is 3.00. The largest absolute Gasteiger partial charge is 0.466 e. The zero-order chi connectivity index (χ0) is 13.0. The van der Waals surface area contributed by atoms with Crippen LogP contribution in [0.1, 0.15) is 51.5 Å². The maximum Gasteiger partial charge on any atom is 0.294 e. The average molecular weight is 269 g/mol. The van der Waals surface area contributed by atoms with Crippen molar-refractivity contribution in [3.63, 3.8) is 0 Å². The monoisotopic (exact) mass is 269 g/mol. The van der Waals surface area contributed by atoms with E-state index in [1.807, 2.05) is 0 Å². The molecule has 1 saturated carbocycles. The molecule has 0 bridgehead atoms. The fourth-order valence-corrected chi connectivity index (χ4v) is 2.95. The van der Waals surface area contributed by atoms with Gasteiger partial charge in [0.1, 0.15) is 11.1 Å². The Morgan fingerprint density at radius 2 is 2.06 bits per heavy atom. The molecule has 1 fully saturated rings. The van der Waals surface area contributed by atoms with Crippen LogP contribution in [0.2, 0.25) is 0 Å². The van der Waals surface area contributed by atoms with Crippen LogP contribution in [-0.4, -0.2) is 22.8 Å². The van der Waals surface area contributed by atoms with Crippen molar-refractivity contribution in [1.29, 1.82) is 0 Å². The molecular formula is C13H23N3OS.